The lowest BCUT2D eigenvalue weighted by Gasteiger charge is -2.10. The third-order valence-corrected chi connectivity index (χ3v) is 3.85. The maximum absolute atomic E-state index is 12.2. The smallest absolute Gasteiger partial charge is 0.254 e. The Kier molecular flexibility index (Phi) is 5.84. The zero-order valence-electron chi connectivity index (χ0n) is 15.1. The summed E-state index contributed by atoms with van der Waals surface area (Å²) in [6, 6.07) is 15.1. The number of rotatable bonds is 7. The summed E-state index contributed by atoms with van der Waals surface area (Å²) in [6.07, 6.45) is 2.97. The van der Waals surface area contributed by atoms with E-state index >= 15 is 0 Å². The van der Waals surface area contributed by atoms with Crippen LogP contribution in [0.5, 0.6) is 11.5 Å². The molecule has 0 bridgehead atoms. The van der Waals surface area contributed by atoms with E-state index < -0.39 is 0 Å². The third kappa shape index (κ3) is 4.72. The van der Waals surface area contributed by atoms with Gasteiger partial charge in [-0.05, 0) is 17.7 Å². The highest BCUT2D eigenvalue weighted by Gasteiger charge is 2.09. The van der Waals surface area contributed by atoms with E-state index in [2.05, 4.69) is 20.6 Å². The molecule has 0 aliphatic carbocycles. The van der Waals surface area contributed by atoms with Crippen molar-refractivity contribution < 1.29 is 14.3 Å². The maximum atomic E-state index is 12.2. The molecule has 7 nitrogen and oxygen atoms in total. The van der Waals surface area contributed by atoms with Crippen LogP contribution in [0.15, 0.2) is 60.9 Å². The van der Waals surface area contributed by atoms with E-state index in [1.807, 2.05) is 36.4 Å². The Bertz CT molecular complexity index is 899. The van der Waals surface area contributed by atoms with Gasteiger partial charge in [-0.2, -0.15) is 0 Å². The molecule has 7 heteroatoms. The number of methoxy groups -OCH3 is 2. The first-order valence-electron chi connectivity index (χ1n) is 8.33. The molecule has 0 saturated carbocycles. The van der Waals surface area contributed by atoms with Crippen molar-refractivity contribution in [2.45, 2.75) is 6.54 Å². The maximum Gasteiger partial charge on any atom is 0.254 e. The van der Waals surface area contributed by atoms with E-state index in [0.29, 0.717) is 29.6 Å². The van der Waals surface area contributed by atoms with Crippen LogP contribution in [0.1, 0.15) is 15.9 Å². The fourth-order valence-corrected chi connectivity index (χ4v) is 2.43. The van der Waals surface area contributed by atoms with Crippen LogP contribution in [0.4, 0.5) is 11.6 Å². The summed E-state index contributed by atoms with van der Waals surface area (Å²) in [6.45, 7) is 0.450. The molecular formula is C20H20N4O3. The summed E-state index contributed by atoms with van der Waals surface area (Å²) < 4.78 is 10.5. The molecule has 3 rings (SSSR count). The molecule has 0 radical (unpaired) electrons. The third-order valence-electron chi connectivity index (χ3n) is 3.85. The quantitative estimate of drug-likeness (QED) is 0.670. The van der Waals surface area contributed by atoms with Crippen LogP contribution in [0.2, 0.25) is 0 Å². The normalized spacial score (nSPS) is 10.1. The Morgan fingerprint density at radius 3 is 2.33 bits per heavy atom. The molecule has 1 heterocycles. The van der Waals surface area contributed by atoms with E-state index in [9.17, 15) is 4.79 Å². The molecule has 2 aromatic carbocycles. The van der Waals surface area contributed by atoms with Crippen LogP contribution in [0, 0.1) is 0 Å². The van der Waals surface area contributed by atoms with E-state index in [1.165, 1.54) is 12.4 Å². The average Bonchev–Trinajstić information content (AvgIpc) is 2.73. The van der Waals surface area contributed by atoms with Gasteiger partial charge in [0.25, 0.3) is 5.91 Å². The van der Waals surface area contributed by atoms with Crippen molar-refractivity contribution in [3.63, 3.8) is 0 Å². The van der Waals surface area contributed by atoms with Gasteiger partial charge in [0.1, 0.15) is 0 Å². The van der Waals surface area contributed by atoms with Gasteiger partial charge in [-0.25, -0.2) is 9.97 Å². The van der Waals surface area contributed by atoms with Gasteiger partial charge in [0.05, 0.1) is 19.8 Å². The molecule has 0 saturated heterocycles. The number of carbonyl (C=O) groups excluding carboxylic acids is 1. The first kappa shape index (κ1) is 18.2. The van der Waals surface area contributed by atoms with Crippen LogP contribution in [0.3, 0.4) is 0 Å². The standard InChI is InChI=1S/C20H20N4O3/c1-26-17-9-8-16(10-18(17)27-2)24-20-22-12-15(13-23-20)19(25)21-11-14-6-4-3-5-7-14/h3-10,12-13H,11H2,1-2H3,(H,21,25)(H,22,23,24). The molecular weight excluding hydrogens is 344 g/mol. The summed E-state index contributed by atoms with van der Waals surface area (Å²) in [5.41, 5.74) is 2.16. The Morgan fingerprint density at radius 1 is 0.963 bits per heavy atom. The fraction of sp³-hybridized carbons (Fsp3) is 0.150. The number of amides is 1. The number of hydrogen-bond donors (Lipinski definition) is 2. The summed E-state index contributed by atoms with van der Waals surface area (Å²) in [5.74, 6) is 1.38. The minimum Gasteiger partial charge on any atom is -0.493 e. The van der Waals surface area contributed by atoms with Crippen LogP contribution in [0.25, 0.3) is 0 Å². The molecule has 0 aliphatic rings. The van der Waals surface area contributed by atoms with Crippen molar-refractivity contribution in [2.75, 3.05) is 19.5 Å². The Labute approximate surface area is 157 Å². The number of anilines is 2. The monoisotopic (exact) mass is 364 g/mol. The SMILES string of the molecule is COc1ccc(Nc2ncc(C(=O)NCc3ccccc3)cn2)cc1OC. The van der Waals surface area contributed by atoms with Gasteiger partial charge in [-0.3, -0.25) is 4.79 Å². The highest BCUT2D eigenvalue weighted by Crippen LogP contribution is 2.30. The lowest BCUT2D eigenvalue weighted by Crippen LogP contribution is -2.23. The predicted molar refractivity (Wildman–Crippen MR) is 102 cm³/mol. The zero-order valence-corrected chi connectivity index (χ0v) is 15.1. The van der Waals surface area contributed by atoms with Crippen LogP contribution >= 0.6 is 0 Å². The van der Waals surface area contributed by atoms with Gasteiger partial charge < -0.3 is 20.1 Å². The first-order valence-corrected chi connectivity index (χ1v) is 8.33. The second kappa shape index (κ2) is 8.66. The van der Waals surface area contributed by atoms with Crippen molar-refractivity contribution in [3.05, 3.63) is 72.1 Å². The van der Waals surface area contributed by atoms with Crippen molar-refractivity contribution in [2.24, 2.45) is 0 Å². The van der Waals surface area contributed by atoms with Crippen molar-refractivity contribution in [1.82, 2.24) is 15.3 Å². The van der Waals surface area contributed by atoms with E-state index in [1.54, 1.807) is 26.4 Å². The summed E-state index contributed by atoms with van der Waals surface area (Å²) in [4.78, 5) is 20.6. The molecule has 0 fully saturated rings. The summed E-state index contributed by atoms with van der Waals surface area (Å²) >= 11 is 0. The average molecular weight is 364 g/mol. The van der Waals surface area contributed by atoms with Gasteiger partial charge in [0.15, 0.2) is 11.5 Å². The Morgan fingerprint density at radius 2 is 1.67 bits per heavy atom. The number of nitrogens with zero attached hydrogens (tertiary/aromatic N) is 2. The molecule has 27 heavy (non-hydrogen) atoms. The minimum absolute atomic E-state index is 0.225. The number of ether oxygens (including phenoxy) is 2. The lowest BCUT2D eigenvalue weighted by atomic mass is 10.2. The van der Waals surface area contributed by atoms with Crippen LogP contribution in [-0.2, 0) is 6.54 Å². The molecule has 3 aromatic rings. The van der Waals surface area contributed by atoms with Gasteiger partial charge in [-0.15, -0.1) is 0 Å². The van der Waals surface area contributed by atoms with Gasteiger partial charge in [0.2, 0.25) is 5.95 Å². The largest absolute Gasteiger partial charge is 0.493 e. The van der Waals surface area contributed by atoms with Crippen LogP contribution < -0.4 is 20.1 Å². The molecule has 138 valence electrons. The molecule has 0 spiro atoms. The fourth-order valence-electron chi connectivity index (χ4n) is 2.43. The highest BCUT2D eigenvalue weighted by atomic mass is 16.5. The number of benzene rings is 2. The number of hydrogen-bond acceptors (Lipinski definition) is 6. The van der Waals surface area contributed by atoms with Gasteiger partial charge in [-0.1, -0.05) is 30.3 Å². The predicted octanol–water partition coefficient (Wildman–Crippen LogP) is 3.17. The topological polar surface area (TPSA) is 85.4 Å². The molecule has 0 aliphatic heterocycles. The Hall–Kier alpha value is -3.61. The molecule has 1 amide bonds. The van der Waals surface area contributed by atoms with E-state index in [0.717, 1.165) is 11.3 Å². The minimum atomic E-state index is -0.225. The lowest BCUT2D eigenvalue weighted by molar-refractivity contribution is 0.0950. The van der Waals surface area contributed by atoms with Crippen molar-refractivity contribution >= 4 is 17.5 Å². The molecule has 1 aromatic heterocycles. The van der Waals surface area contributed by atoms with Crippen LogP contribution in [-0.4, -0.2) is 30.1 Å². The highest BCUT2D eigenvalue weighted by molar-refractivity contribution is 5.93. The van der Waals surface area contributed by atoms with Crippen molar-refractivity contribution in [1.29, 1.82) is 0 Å². The molecule has 0 atom stereocenters. The summed E-state index contributed by atoms with van der Waals surface area (Å²) in [5, 5.41) is 5.91. The van der Waals surface area contributed by atoms with Gasteiger partial charge in [0, 0.05) is 30.7 Å². The Balaban J connectivity index is 1.62. The molecule has 0 unspecified atom stereocenters. The summed E-state index contributed by atoms with van der Waals surface area (Å²) in [7, 11) is 3.15. The number of nitrogens with one attached hydrogen (secondary N) is 2. The second-order valence-corrected chi connectivity index (χ2v) is 5.66. The van der Waals surface area contributed by atoms with Crippen molar-refractivity contribution in [3.8, 4) is 11.5 Å². The number of carbonyl (C=O) groups is 1. The first-order chi connectivity index (χ1) is 13.2. The second-order valence-electron chi connectivity index (χ2n) is 5.66. The number of aromatic nitrogens is 2. The van der Waals surface area contributed by atoms with Gasteiger partial charge >= 0.3 is 0 Å². The zero-order chi connectivity index (χ0) is 19.1. The molecule has 2 N–H and O–H groups in total. The van der Waals surface area contributed by atoms with E-state index in [4.69, 9.17) is 9.47 Å². The van der Waals surface area contributed by atoms with E-state index in [-0.39, 0.29) is 5.91 Å².